The number of carbonyl (C=O) groups is 10. The van der Waals surface area contributed by atoms with E-state index in [-0.39, 0.29) is 18.8 Å². The maximum atomic E-state index is 14.3. The van der Waals surface area contributed by atoms with Gasteiger partial charge in [0.1, 0.15) is 42.3 Å². The molecule has 0 unspecified atom stereocenters. The molecule has 24 nitrogen and oxygen atoms in total. The smallest absolute Gasteiger partial charge is 0.326 e. The predicted octanol–water partition coefficient (Wildman–Crippen LogP) is -0.893. The predicted molar refractivity (Wildman–Crippen MR) is 258 cm³/mol. The van der Waals surface area contributed by atoms with Gasteiger partial charge in [0, 0.05) is 41.8 Å². The first kappa shape index (κ1) is 57.9. The van der Waals surface area contributed by atoms with Gasteiger partial charge in [-0.3, -0.25) is 43.2 Å². The van der Waals surface area contributed by atoms with Crippen LogP contribution in [-0.4, -0.2) is 139 Å². The molecule has 2 heterocycles. The van der Waals surface area contributed by atoms with Gasteiger partial charge in [-0.25, -0.2) is 9.78 Å². The minimum absolute atomic E-state index is 0.0916. The van der Waals surface area contributed by atoms with E-state index in [2.05, 4.69) is 57.5 Å². The monoisotopic (exact) mass is 995 g/mol. The summed E-state index contributed by atoms with van der Waals surface area (Å²) in [4.78, 5) is 142. The highest BCUT2D eigenvalue weighted by molar-refractivity contribution is 5.99. The van der Waals surface area contributed by atoms with Crippen LogP contribution in [0.3, 0.4) is 0 Å². The SMILES string of the molecule is CC[C@H](C)[C@H](NC(=O)[C@H](CC(=O)O)NC(=O)[C@@H](N)C(C)C)C(=O)N[C@@H](Cc1cnc[nH]1)C(=O)N[C@H](C(=O)N[C@@H](Cc1c[nH]c2ccccc12)C(=O)N[C@@H](C)C(=O)NCC(=O)N[C@H](C(=O)O)C(C)C)C(C)C. The first-order valence-corrected chi connectivity index (χ1v) is 23.5. The fraction of sp³-hybridized carbons (Fsp3) is 0.553. The molecule has 0 saturated carbocycles. The van der Waals surface area contributed by atoms with Crippen LogP contribution in [0.1, 0.15) is 86.4 Å². The Balaban J connectivity index is 1.88. The Bertz CT molecular complexity index is 2350. The number of carboxylic acid groups (broad SMARTS) is 2. The second-order valence-electron chi connectivity index (χ2n) is 18.6. The first-order chi connectivity index (χ1) is 33.3. The normalized spacial score (nSPS) is 15.2. The van der Waals surface area contributed by atoms with E-state index in [0.29, 0.717) is 17.7 Å². The number of carboxylic acids is 2. The van der Waals surface area contributed by atoms with Gasteiger partial charge in [0.2, 0.25) is 47.3 Å². The van der Waals surface area contributed by atoms with Gasteiger partial charge in [-0.1, -0.05) is 80.0 Å². The van der Waals surface area contributed by atoms with Gasteiger partial charge >= 0.3 is 11.9 Å². The van der Waals surface area contributed by atoms with Crippen molar-refractivity contribution in [1.82, 2.24) is 57.5 Å². The summed E-state index contributed by atoms with van der Waals surface area (Å²) in [6, 6.07) is -3.33. The Morgan fingerprint density at radius 2 is 1.18 bits per heavy atom. The molecule has 3 aromatic rings. The molecule has 2 aromatic heterocycles. The summed E-state index contributed by atoms with van der Waals surface area (Å²) < 4.78 is 0. The number of hydrogen-bond acceptors (Lipinski definition) is 12. The largest absolute Gasteiger partial charge is 0.481 e. The van der Waals surface area contributed by atoms with Gasteiger partial charge in [0.05, 0.1) is 25.3 Å². The summed E-state index contributed by atoms with van der Waals surface area (Å²) in [7, 11) is 0. The Kier molecular flexibility index (Phi) is 22.1. The highest BCUT2D eigenvalue weighted by Gasteiger charge is 2.37. The Hall–Kier alpha value is -7.37. The molecule has 0 bridgehead atoms. The van der Waals surface area contributed by atoms with E-state index in [9.17, 15) is 58.2 Å². The molecule has 0 aliphatic heterocycles. The van der Waals surface area contributed by atoms with Crippen LogP contribution in [0.5, 0.6) is 0 Å². The van der Waals surface area contributed by atoms with Crippen LogP contribution >= 0.6 is 0 Å². The molecule has 0 fully saturated rings. The molecule has 390 valence electrons. The minimum Gasteiger partial charge on any atom is -0.481 e. The van der Waals surface area contributed by atoms with Crippen molar-refractivity contribution in [3.8, 4) is 0 Å². The van der Waals surface area contributed by atoms with E-state index in [0.717, 1.165) is 10.9 Å². The van der Waals surface area contributed by atoms with Gasteiger partial charge in [-0.05, 0) is 42.2 Å². The molecule has 0 saturated heterocycles. The standard InChI is InChI=1S/C47H70N12O12/c1-10-25(8)39(59-43(66)33(17-35(61)62)54-44(67)36(48)22(2)3)46(69)56-32(16-28-19-49-21-52-28)42(65)58-37(23(4)5)45(68)55-31(15-27-18-50-30-14-12-11-13-29(27)30)41(64)53-26(9)40(63)51-20-34(60)57-38(24(6)7)47(70)71/h11-14,18-19,21-26,31-33,36-39,50H,10,15-17,20,48H2,1-9H3,(H,49,52)(H,51,63)(H,53,64)(H,54,67)(H,55,68)(H,56,69)(H,57,60)(H,58,65)(H,59,66)(H,61,62)(H,70,71)/t25-,26-,31-,32-,33-,36-,37-,38-,39-/m0/s1. The Morgan fingerprint density at radius 3 is 1.75 bits per heavy atom. The van der Waals surface area contributed by atoms with Crippen molar-refractivity contribution in [2.24, 2.45) is 29.4 Å². The van der Waals surface area contributed by atoms with Crippen molar-refractivity contribution < 1.29 is 58.2 Å². The number of fused-ring (bicyclic) bond motifs is 1. The molecule has 1 aromatic carbocycles. The average Bonchev–Trinajstić information content (AvgIpc) is 3.98. The third kappa shape index (κ3) is 17.5. The quantitative estimate of drug-likeness (QED) is 0.0420. The van der Waals surface area contributed by atoms with Crippen LogP contribution in [0.25, 0.3) is 10.9 Å². The summed E-state index contributed by atoms with van der Waals surface area (Å²) in [6.45, 7) is 14.0. The molecule has 24 heteroatoms. The van der Waals surface area contributed by atoms with Gasteiger partial charge in [-0.15, -0.1) is 0 Å². The lowest BCUT2D eigenvalue weighted by molar-refractivity contribution is -0.143. The molecule has 9 atom stereocenters. The highest BCUT2D eigenvalue weighted by Crippen LogP contribution is 2.20. The Labute approximate surface area is 411 Å². The molecular formula is C47H70N12O12. The van der Waals surface area contributed by atoms with Crippen molar-refractivity contribution in [2.45, 2.75) is 136 Å². The minimum atomic E-state index is -1.61. The lowest BCUT2D eigenvalue weighted by Gasteiger charge is -2.30. The van der Waals surface area contributed by atoms with Gasteiger partial charge in [-0.2, -0.15) is 0 Å². The van der Waals surface area contributed by atoms with E-state index >= 15 is 0 Å². The van der Waals surface area contributed by atoms with Crippen LogP contribution in [0.2, 0.25) is 0 Å². The number of hydrogen-bond donors (Lipinski definition) is 13. The molecule has 71 heavy (non-hydrogen) atoms. The molecular weight excluding hydrogens is 925 g/mol. The van der Waals surface area contributed by atoms with E-state index < -0.39 is 138 Å². The van der Waals surface area contributed by atoms with Crippen LogP contribution in [0, 0.1) is 23.7 Å². The van der Waals surface area contributed by atoms with Crippen molar-refractivity contribution >= 4 is 70.1 Å². The summed E-state index contributed by atoms with van der Waals surface area (Å²) in [5.74, 6) is -11.2. The van der Waals surface area contributed by atoms with Crippen molar-refractivity contribution in [2.75, 3.05) is 6.54 Å². The number of nitrogens with one attached hydrogen (secondary N) is 10. The number of aliphatic carboxylic acids is 2. The number of nitrogens with zero attached hydrogens (tertiary/aromatic N) is 1. The fourth-order valence-corrected chi connectivity index (χ4v) is 7.22. The van der Waals surface area contributed by atoms with E-state index in [1.807, 2.05) is 18.2 Å². The summed E-state index contributed by atoms with van der Waals surface area (Å²) in [5.41, 5.74) is 7.71. The maximum Gasteiger partial charge on any atom is 0.326 e. The van der Waals surface area contributed by atoms with Crippen molar-refractivity contribution in [3.05, 3.63) is 54.2 Å². The van der Waals surface area contributed by atoms with Crippen LogP contribution < -0.4 is 48.3 Å². The van der Waals surface area contributed by atoms with Crippen LogP contribution in [0.15, 0.2) is 43.0 Å². The maximum absolute atomic E-state index is 14.3. The number of nitrogens with two attached hydrogens (primary N) is 1. The average molecular weight is 995 g/mol. The van der Waals surface area contributed by atoms with E-state index in [1.165, 1.54) is 19.4 Å². The molecule has 0 spiro atoms. The zero-order valence-corrected chi connectivity index (χ0v) is 41.5. The second-order valence-corrected chi connectivity index (χ2v) is 18.6. The fourth-order valence-electron chi connectivity index (χ4n) is 7.22. The number of H-pyrrole nitrogens is 2. The van der Waals surface area contributed by atoms with E-state index in [1.54, 1.807) is 67.7 Å². The number of carbonyl (C=O) groups excluding carboxylic acids is 8. The van der Waals surface area contributed by atoms with Crippen LogP contribution in [-0.2, 0) is 60.8 Å². The molecule has 0 aliphatic rings. The molecule has 14 N–H and O–H groups in total. The number of benzene rings is 1. The first-order valence-electron chi connectivity index (χ1n) is 23.5. The third-order valence-corrected chi connectivity index (χ3v) is 11.8. The third-order valence-electron chi connectivity index (χ3n) is 11.8. The van der Waals surface area contributed by atoms with Gasteiger partial charge < -0.3 is 68.4 Å². The lowest BCUT2D eigenvalue weighted by Crippen LogP contribution is -2.62. The Morgan fingerprint density at radius 1 is 0.620 bits per heavy atom. The van der Waals surface area contributed by atoms with Gasteiger partial charge in [0.25, 0.3) is 0 Å². The number of aromatic amines is 2. The van der Waals surface area contributed by atoms with Crippen molar-refractivity contribution in [1.29, 1.82) is 0 Å². The number of imidazole rings is 1. The highest BCUT2D eigenvalue weighted by atomic mass is 16.4. The van der Waals surface area contributed by atoms with E-state index in [4.69, 9.17) is 5.73 Å². The number of rotatable bonds is 28. The topological polar surface area (TPSA) is 378 Å². The molecule has 0 radical (unpaired) electrons. The summed E-state index contributed by atoms with van der Waals surface area (Å²) in [6.07, 6.45) is 3.67. The number of aromatic nitrogens is 3. The lowest BCUT2D eigenvalue weighted by atomic mass is 9.96. The van der Waals surface area contributed by atoms with Crippen molar-refractivity contribution in [3.63, 3.8) is 0 Å². The number of para-hydroxylation sites is 1. The summed E-state index contributed by atoms with van der Waals surface area (Å²) in [5, 5.41) is 40.0. The number of amides is 8. The zero-order chi connectivity index (χ0) is 53.3. The van der Waals surface area contributed by atoms with Crippen LogP contribution in [0.4, 0.5) is 0 Å². The van der Waals surface area contributed by atoms with Gasteiger partial charge in [0.15, 0.2) is 0 Å². The second kappa shape index (κ2) is 27.1. The zero-order valence-electron chi connectivity index (χ0n) is 41.5. The molecule has 0 aliphatic carbocycles. The molecule has 8 amide bonds. The molecule has 3 rings (SSSR count). The summed E-state index contributed by atoms with van der Waals surface area (Å²) >= 11 is 0.